The average molecular weight is 364 g/mol. The first kappa shape index (κ1) is 17.8. The van der Waals surface area contributed by atoms with E-state index in [2.05, 4.69) is 14.9 Å². The van der Waals surface area contributed by atoms with Crippen molar-refractivity contribution >= 4 is 11.8 Å². The van der Waals surface area contributed by atoms with Gasteiger partial charge in [-0.25, -0.2) is 9.97 Å². The fourth-order valence-electron chi connectivity index (χ4n) is 3.98. The predicted molar refractivity (Wildman–Crippen MR) is 101 cm³/mol. The maximum atomic E-state index is 12.4. The fourth-order valence-corrected chi connectivity index (χ4v) is 3.98. The molecule has 0 radical (unpaired) electrons. The number of unbranched alkanes of at least 4 members (excludes halogenated alkanes) is 1. The van der Waals surface area contributed by atoms with Crippen molar-refractivity contribution in [3.63, 3.8) is 0 Å². The van der Waals surface area contributed by atoms with Crippen LogP contribution in [-0.4, -0.2) is 57.8 Å². The molecule has 0 N–H and O–H groups in total. The Kier molecular flexibility index (Phi) is 5.25. The summed E-state index contributed by atoms with van der Waals surface area (Å²) in [5.41, 5.74) is 1.07. The molecule has 1 aromatic carbocycles. The van der Waals surface area contributed by atoms with E-state index in [1.165, 1.54) is 4.90 Å². The van der Waals surface area contributed by atoms with E-state index in [1.54, 1.807) is 24.3 Å². The summed E-state index contributed by atoms with van der Waals surface area (Å²) in [5, 5.41) is 0. The molecule has 3 heterocycles. The minimum absolute atomic E-state index is 0.153. The second-order valence-corrected chi connectivity index (χ2v) is 7.24. The number of amides is 2. The molecule has 2 aliphatic heterocycles. The number of imide groups is 1. The summed E-state index contributed by atoms with van der Waals surface area (Å²) in [5.74, 6) is 1.11. The Morgan fingerprint density at radius 1 is 0.852 bits per heavy atom. The average Bonchev–Trinajstić information content (AvgIpc) is 2.97. The summed E-state index contributed by atoms with van der Waals surface area (Å²) >= 11 is 0. The van der Waals surface area contributed by atoms with E-state index in [1.807, 2.05) is 18.5 Å². The second kappa shape index (κ2) is 7.96. The highest BCUT2D eigenvalue weighted by atomic mass is 16.2. The molecule has 27 heavy (non-hydrogen) atoms. The number of hydrogen-bond acceptors (Lipinski definition) is 5. The first-order valence-corrected chi connectivity index (χ1v) is 9.68. The van der Waals surface area contributed by atoms with Crippen LogP contribution in [0.1, 0.15) is 58.1 Å². The standard InChI is InChI=1S/C21H24N4O2/c26-20-17-6-1-2-7-18(17)21(27)25(20)13-4-3-12-24-14-8-16(9-15-24)19-22-10-5-11-23-19/h1-2,5-7,10-11,16H,3-4,8-9,12-15H2. The smallest absolute Gasteiger partial charge is 0.261 e. The van der Waals surface area contributed by atoms with Gasteiger partial charge in [-0.15, -0.1) is 0 Å². The zero-order valence-electron chi connectivity index (χ0n) is 15.4. The van der Waals surface area contributed by atoms with E-state index in [0.717, 1.165) is 51.1 Å². The molecular weight excluding hydrogens is 340 g/mol. The van der Waals surface area contributed by atoms with E-state index >= 15 is 0 Å². The lowest BCUT2D eigenvalue weighted by atomic mass is 9.96. The Hall–Kier alpha value is -2.60. The summed E-state index contributed by atoms with van der Waals surface area (Å²) in [6, 6.07) is 8.93. The Bertz CT molecular complexity index is 781. The van der Waals surface area contributed by atoms with E-state index < -0.39 is 0 Å². The highest BCUT2D eigenvalue weighted by Gasteiger charge is 2.34. The molecule has 140 valence electrons. The van der Waals surface area contributed by atoms with Gasteiger partial charge in [-0.05, 0) is 63.5 Å². The maximum absolute atomic E-state index is 12.4. The van der Waals surface area contributed by atoms with E-state index in [0.29, 0.717) is 23.6 Å². The third kappa shape index (κ3) is 3.76. The van der Waals surface area contributed by atoms with Crippen molar-refractivity contribution in [2.75, 3.05) is 26.2 Å². The highest BCUT2D eigenvalue weighted by Crippen LogP contribution is 2.25. The largest absolute Gasteiger partial charge is 0.303 e. The zero-order valence-corrected chi connectivity index (χ0v) is 15.4. The highest BCUT2D eigenvalue weighted by molar-refractivity contribution is 6.21. The van der Waals surface area contributed by atoms with Crippen molar-refractivity contribution < 1.29 is 9.59 Å². The number of likely N-dealkylation sites (tertiary alicyclic amines) is 1. The van der Waals surface area contributed by atoms with Crippen LogP contribution in [0.3, 0.4) is 0 Å². The van der Waals surface area contributed by atoms with Crippen molar-refractivity contribution in [1.29, 1.82) is 0 Å². The molecule has 0 atom stereocenters. The van der Waals surface area contributed by atoms with Gasteiger partial charge in [0.2, 0.25) is 0 Å². The Balaban J connectivity index is 1.20. The van der Waals surface area contributed by atoms with Gasteiger partial charge in [-0.3, -0.25) is 14.5 Å². The van der Waals surface area contributed by atoms with Crippen LogP contribution in [0.4, 0.5) is 0 Å². The van der Waals surface area contributed by atoms with Crippen LogP contribution in [0, 0.1) is 0 Å². The molecule has 1 aromatic heterocycles. The van der Waals surface area contributed by atoms with Crippen LogP contribution in [0.5, 0.6) is 0 Å². The molecule has 4 rings (SSSR count). The fraction of sp³-hybridized carbons (Fsp3) is 0.429. The molecule has 2 aromatic rings. The third-order valence-corrected chi connectivity index (χ3v) is 5.52. The minimum atomic E-state index is -0.153. The predicted octanol–water partition coefficient (Wildman–Crippen LogP) is 2.73. The first-order chi connectivity index (χ1) is 13.2. The Labute approximate surface area is 159 Å². The molecule has 0 unspecified atom stereocenters. The van der Waals surface area contributed by atoms with Crippen molar-refractivity contribution in [2.24, 2.45) is 0 Å². The topological polar surface area (TPSA) is 66.4 Å². The second-order valence-electron chi connectivity index (χ2n) is 7.24. The SMILES string of the molecule is O=C1c2ccccc2C(=O)N1CCCCN1CCC(c2ncccn2)CC1. The van der Waals surface area contributed by atoms with Gasteiger partial charge < -0.3 is 4.90 Å². The number of nitrogens with zero attached hydrogens (tertiary/aromatic N) is 4. The summed E-state index contributed by atoms with van der Waals surface area (Å²) in [4.78, 5) is 37.3. The molecule has 2 aliphatic rings. The number of carbonyl (C=O) groups is 2. The monoisotopic (exact) mass is 364 g/mol. The van der Waals surface area contributed by atoms with Crippen LogP contribution >= 0.6 is 0 Å². The van der Waals surface area contributed by atoms with Gasteiger partial charge in [-0.2, -0.15) is 0 Å². The molecule has 0 spiro atoms. The van der Waals surface area contributed by atoms with Gasteiger partial charge in [0.25, 0.3) is 11.8 Å². The van der Waals surface area contributed by atoms with Crippen LogP contribution in [0.25, 0.3) is 0 Å². The molecule has 6 nitrogen and oxygen atoms in total. The van der Waals surface area contributed by atoms with Gasteiger partial charge in [0, 0.05) is 24.9 Å². The molecule has 6 heteroatoms. The van der Waals surface area contributed by atoms with Gasteiger partial charge in [0.15, 0.2) is 0 Å². The van der Waals surface area contributed by atoms with Crippen molar-refractivity contribution in [3.05, 3.63) is 59.7 Å². The number of piperidine rings is 1. The number of hydrogen-bond donors (Lipinski definition) is 0. The lowest BCUT2D eigenvalue weighted by molar-refractivity contribution is 0.0649. The molecule has 1 saturated heterocycles. The molecular formula is C21H24N4O2. The summed E-state index contributed by atoms with van der Waals surface area (Å²) in [6.07, 6.45) is 7.62. The number of benzene rings is 1. The zero-order chi connectivity index (χ0) is 18.6. The Morgan fingerprint density at radius 2 is 1.44 bits per heavy atom. The number of carbonyl (C=O) groups excluding carboxylic acids is 2. The summed E-state index contributed by atoms with van der Waals surface area (Å²) in [7, 11) is 0. The first-order valence-electron chi connectivity index (χ1n) is 9.68. The quantitative estimate of drug-likeness (QED) is 0.582. The van der Waals surface area contributed by atoms with Gasteiger partial charge in [-0.1, -0.05) is 12.1 Å². The summed E-state index contributed by atoms with van der Waals surface area (Å²) in [6.45, 7) is 3.61. The molecule has 0 bridgehead atoms. The van der Waals surface area contributed by atoms with E-state index in [9.17, 15) is 9.59 Å². The van der Waals surface area contributed by atoms with Crippen molar-refractivity contribution in [2.45, 2.75) is 31.6 Å². The molecule has 0 saturated carbocycles. The summed E-state index contributed by atoms with van der Waals surface area (Å²) < 4.78 is 0. The normalized spacial score (nSPS) is 18.1. The number of fused-ring (bicyclic) bond motifs is 1. The van der Waals surface area contributed by atoms with Crippen LogP contribution in [0.2, 0.25) is 0 Å². The lowest BCUT2D eigenvalue weighted by Crippen LogP contribution is -2.35. The molecule has 1 fully saturated rings. The van der Waals surface area contributed by atoms with Crippen molar-refractivity contribution in [3.8, 4) is 0 Å². The lowest BCUT2D eigenvalue weighted by Gasteiger charge is -2.31. The maximum Gasteiger partial charge on any atom is 0.261 e. The van der Waals surface area contributed by atoms with Gasteiger partial charge in [0.1, 0.15) is 5.82 Å². The van der Waals surface area contributed by atoms with Crippen LogP contribution in [-0.2, 0) is 0 Å². The Morgan fingerprint density at radius 3 is 2.07 bits per heavy atom. The van der Waals surface area contributed by atoms with E-state index in [-0.39, 0.29) is 11.8 Å². The number of rotatable bonds is 6. The third-order valence-electron chi connectivity index (χ3n) is 5.52. The minimum Gasteiger partial charge on any atom is -0.303 e. The van der Waals surface area contributed by atoms with Gasteiger partial charge in [0.05, 0.1) is 11.1 Å². The molecule has 0 aliphatic carbocycles. The van der Waals surface area contributed by atoms with Gasteiger partial charge >= 0.3 is 0 Å². The van der Waals surface area contributed by atoms with Crippen LogP contribution < -0.4 is 0 Å². The van der Waals surface area contributed by atoms with E-state index in [4.69, 9.17) is 0 Å². The van der Waals surface area contributed by atoms with Crippen molar-refractivity contribution in [1.82, 2.24) is 19.8 Å². The number of aromatic nitrogens is 2. The van der Waals surface area contributed by atoms with Crippen LogP contribution in [0.15, 0.2) is 42.7 Å². The molecule has 2 amide bonds.